The largest absolute Gasteiger partial charge is 0.475 e. The van der Waals surface area contributed by atoms with Gasteiger partial charge in [0.2, 0.25) is 5.60 Å². The van der Waals surface area contributed by atoms with Crippen molar-refractivity contribution in [2.45, 2.75) is 30.8 Å². The van der Waals surface area contributed by atoms with Gasteiger partial charge in [-0.3, -0.25) is 14.6 Å². The van der Waals surface area contributed by atoms with E-state index in [4.69, 9.17) is 4.84 Å². The van der Waals surface area contributed by atoms with Crippen molar-refractivity contribution in [1.29, 1.82) is 0 Å². The van der Waals surface area contributed by atoms with Crippen molar-refractivity contribution in [1.82, 2.24) is 15.6 Å². The molecule has 1 aliphatic heterocycles. The number of fused-ring (bicyclic) bond motifs is 1. The van der Waals surface area contributed by atoms with Gasteiger partial charge in [-0.25, -0.2) is 0 Å². The molecule has 0 aliphatic carbocycles. The molecule has 2 atom stereocenters. The van der Waals surface area contributed by atoms with Crippen LogP contribution in [0.15, 0.2) is 102 Å². The van der Waals surface area contributed by atoms with E-state index in [1.165, 1.54) is 0 Å². The van der Waals surface area contributed by atoms with Crippen LogP contribution in [0.25, 0.3) is 10.8 Å². The summed E-state index contributed by atoms with van der Waals surface area (Å²) in [5.41, 5.74) is 1.04. The van der Waals surface area contributed by atoms with Crippen molar-refractivity contribution in [2.24, 2.45) is 5.16 Å². The van der Waals surface area contributed by atoms with Crippen LogP contribution in [-0.2, 0) is 22.5 Å². The minimum absolute atomic E-state index is 0.0591. The number of aromatic nitrogens is 1. The highest BCUT2D eigenvalue weighted by Crippen LogP contribution is 2.29. The van der Waals surface area contributed by atoms with E-state index >= 15 is 0 Å². The minimum atomic E-state index is -1.78. The fourth-order valence-electron chi connectivity index (χ4n) is 4.83. The van der Waals surface area contributed by atoms with E-state index in [9.17, 15) is 19.6 Å². The number of hydrogen-bond donors (Lipinski definition) is 4. The highest BCUT2D eigenvalue weighted by atomic mass is 16.7. The Morgan fingerprint density at radius 1 is 0.925 bits per heavy atom. The number of rotatable bonds is 10. The highest BCUT2D eigenvalue weighted by molar-refractivity contribution is 6.43. The molecule has 2 heterocycles. The first-order chi connectivity index (χ1) is 19.4. The van der Waals surface area contributed by atoms with Crippen LogP contribution in [-0.4, -0.2) is 57.8 Å². The average Bonchev–Trinajstić information content (AvgIpc) is 3.40. The summed E-state index contributed by atoms with van der Waals surface area (Å²) in [5, 5.41) is 31.5. The molecular weight excluding hydrogens is 507 g/mol. The molecule has 2 amide bonds. The second kappa shape index (κ2) is 12.1. The molecule has 0 spiro atoms. The van der Waals surface area contributed by atoms with Gasteiger partial charge in [-0.2, -0.15) is 0 Å². The Balaban J connectivity index is 1.31. The Bertz CT molecular complexity index is 1510. The van der Waals surface area contributed by atoms with Gasteiger partial charge in [0.25, 0.3) is 11.8 Å². The number of carbonyl (C=O) groups is 2. The summed E-state index contributed by atoms with van der Waals surface area (Å²) < 4.78 is 0. The van der Waals surface area contributed by atoms with Gasteiger partial charge in [-0.15, -0.1) is 0 Å². The quantitative estimate of drug-likeness (QED) is 0.230. The second-order valence-corrected chi connectivity index (χ2v) is 9.83. The zero-order chi connectivity index (χ0) is 28.0. The van der Waals surface area contributed by atoms with Gasteiger partial charge < -0.3 is 25.5 Å². The van der Waals surface area contributed by atoms with Crippen molar-refractivity contribution in [3.05, 3.63) is 114 Å². The van der Waals surface area contributed by atoms with Crippen LogP contribution in [0.2, 0.25) is 0 Å². The number of nitrogens with zero attached hydrogens (tertiary/aromatic N) is 2. The van der Waals surface area contributed by atoms with Crippen LogP contribution in [0.5, 0.6) is 0 Å². The third kappa shape index (κ3) is 6.19. The van der Waals surface area contributed by atoms with Gasteiger partial charge in [-0.05, 0) is 29.0 Å². The van der Waals surface area contributed by atoms with Gasteiger partial charge in [0.15, 0.2) is 0 Å². The molecule has 202 valence electrons. The normalized spacial score (nSPS) is 17.0. The van der Waals surface area contributed by atoms with E-state index in [0.29, 0.717) is 11.4 Å². The molecule has 9 nitrogen and oxygen atoms in total. The van der Waals surface area contributed by atoms with E-state index in [1.807, 2.05) is 91.0 Å². The summed E-state index contributed by atoms with van der Waals surface area (Å²) in [4.78, 5) is 36.7. The number of pyridine rings is 1. The van der Waals surface area contributed by atoms with E-state index in [0.717, 1.165) is 21.9 Å². The summed E-state index contributed by atoms with van der Waals surface area (Å²) in [5.74, 6) is -1.85. The monoisotopic (exact) mass is 536 g/mol. The number of carbonyl (C=O) groups excluding carboxylic acids is 2. The number of oxime groups is 1. The standard InChI is InChI=1S/C30H29BN4O5/c36-28(27-25-14-8-7-13-23(25)15-16-32-27)33-20-24-19-30(40-35-24,18-22-11-5-2-6-12-22)29(37)34-26(31(38)39)17-21-9-3-1-4-10-21/h1-16,26,38-39H,17-20H2,(H,33,36)(H,34,37)/t26-,30?/m0/s1. The Morgan fingerprint density at radius 3 is 2.33 bits per heavy atom. The average molecular weight is 536 g/mol. The maximum absolute atomic E-state index is 13.7. The predicted octanol–water partition coefficient (Wildman–Crippen LogP) is 2.46. The molecule has 0 saturated carbocycles. The Morgan fingerprint density at radius 2 is 1.60 bits per heavy atom. The van der Waals surface area contributed by atoms with E-state index in [-0.39, 0.29) is 31.7 Å². The lowest BCUT2D eigenvalue weighted by Crippen LogP contribution is -2.56. The fraction of sp³-hybridized carbons (Fsp3) is 0.200. The molecule has 40 heavy (non-hydrogen) atoms. The third-order valence-electron chi connectivity index (χ3n) is 6.90. The van der Waals surface area contributed by atoms with Gasteiger partial charge in [0.1, 0.15) is 5.69 Å². The maximum atomic E-state index is 13.7. The van der Waals surface area contributed by atoms with Crippen molar-refractivity contribution < 1.29 is 24.5 Å². The lowest BCUT2D eigenvalue weighted by molar-refractivity contribution is -0.144. The zero-order valence-electron chi connectivity index (χ0n) is 21.7. The fourth-order valence-corrected chi connectivity index (χ4v) is 4.83. The van der Waals surface area contributed by atoms with E-state index < -0.39 is 24.6 Å². The van der Waals surface area contributed by atoms with Crippen molar-refractivity contribution in [2.75, 3.05) is 6.54 Å². The highest BCUT2D eigenvalue weighted by Gasteiger charge is 2.48. The first-order valence-electron chi connectivity index (χ1n) is 13.0. The van der Waals surface area contributed by atoms with Crippen LogP contribution < -0.4 is 10.6 Å². The molecule has 3 aromatic carbocycles. The van der Waals surface area contributed by atoms with Gasteiger partial charge >= 0.3 is 7.12 Å². The number of amides is 2. The van der Waals surface area contributed by atoms with Gasteiger partial charge in [-0.1, -0.05) is 90.1 Å². The molecule has 1 aromatic heterocycles. The van der Waals surface area contributed by atoms with Crippen LogP contribution in [0.3, 0.4) is 0 Å². The lowest BCUT2D eigenvalue weighted by Gasteiger charge is -2.28. The molecule has 5 rings (SSSR count). The van der Waals surface area contributed by atoms with Crippen molar-refractivity contribution in [3.8, 4) is 0 Å². The SMILES string of the molecule is O=C(NCC1=NOC(Cc2ccccc2)(C(=O)N[C@@H](Cc2ccccc2)B(O)O)C1)c1nccc2ccccc12. The molecule has 0 saturated heterocycles. The zero-order valence-corrected chi connectivity index (χ0v) is 21.7. The smallest absolute Gasteiger partial charge is 0.426 e. The molecule has 0 radical (unpaired) electrons. The van der Waals surface area contributed by atoms with E-state index in [1.54, 1.807) is 6.20 Å². The lowest BCUT2D eigenvalue weighted by atomic mass is 9.75. The predicted molar refractivity (Wildman–Crippen MR) is 152 cm³/mol. The summed E-state index contributed by atoms with van der Waals surface area (Å²) in [6, 6.07) is 28.0. The molecule has 4 N–H and O–H groups in total. The van der Waals surface area contributed by atoms with E-state index in [2.05, 4.69) is 20.8 Å². The Hall–Kier alpha value is -4.54. The maximum Gasteiger partial charge on any atom is 0.475 e. The third-order valence-corrected chi connectivity index (χ3v) is 6.90. The topological polar surface area (TPSA) is 133 Å². The Labute approximate surface area is 232 Å². The molecule has 1 aliphatic rings. The summed E-state index contributed by atoms with van der Waals surface area (Å²) in [6.07, 6.45) is 2.11. The number of benzene rings is 3. The molecule has 4 aromatic rings. The van der Waals surface area contributed by atoms with Crippen LogP contribution in [0, 0.1) is 0 Å². The molecular formula is C30H29BN4O5. The summed E-state index contributed by atoms with van der Waals surface area (Å²) >= 11 is 0. The summed E-state index contributed by atoms with van der Waals surface area (Å²) in [6.45, 7) is 0.0591. The minimum Gasteiger partial charge on any atom is -0.426 e. The van der Waals surface area contributed by atoms with Crippen molar-refractivity contribution in [3.63, 3.8) is 0 Å². The van der Waals surface area contributed by atoms with Crippen LogP contribution >= 0.6 is 0 Å². The molecule has 0 bridgehead atoms. The van der Waals surface area contributed by atoms with Gasteiger partial charge in [0.05, 0.1) is 18.2 Å². The first kappa shape index (κ1) is 27.0. The first-order valence-corrected chi connectivity index (χ1v) is 13.0. The summed E-state index contributed by atoms with van der Waals surface area (Å²) in [7, 11) is -1.78. The molecule has 1 unspecified atom stereocenters. The van der Waals surface area contributed by atoms with Crippen LogP contribution in [0.4, 0.5) is 0 Å². The number of nitrogens with one attached hydrogen (secondary N) is 2. The van der Waals surface area contributed by atoms with Crippen molar-refractivity contribution >= 4 is 35.4 Å². The number of hydrogen-bond acceptors (Lipinski definition) is 7. The molecule has 10 heteroatoms. The Kier molecular flexibility index (Phi) is 8.19. The van der Waals surface area contributed by atoms with Gasteiger partial charge in [0, 0.05) is 24.4 Å². The molecule has 0 fully saturated rings. The van der Waals surface area contributed by atoms with Crippen LogP contribution in [0.1, 0.15) is 28.0 Å². The second-order valence-electron chi connectivity index (χ2n) is 9.83.